The van der Waals surface area contributed by atoms with Crippen LogP contribution in [0.1, 0.15) is 25.6 Å². The molecule has 1 aliphatic rings. The molecule has 1 fully saturated rings. The zero-order valence-corrected chi connectivity index (χ0v) is 10.3. The molecule has 1 saturated heterocycles. The highest BCUT2D eigenvalue weighted by molar-refractivity contribution is 5.44. The number of nitrogen functional groups attached to an aromatic ring is 1. The van der Waals surface area contributed by atoms with Gasteiger partial charge in [-0.3, -0.25) is 0 Å². The lowest BCUT2D eigenvalue weighted by molar-refractivity contribution is 0.0595. The SMILES string of the molecule is CCc1nc(N)cc(NCC2CCCOC2)n1. The number of aryl methyl sites for hydroxylation is 1. The van der Waals surface area contributed by atoms with E-state index in [1.165, 1.54) is 6.42 Å². The molecule has 17 heavy (non-hydrogen) atoms. The minimum Gasteiger partial charge on any atom is -0.384 e. The maximum Gasteiger partial charge on any atom is 0.132 e. The Morgan fingerprint density at radius 1 is 1.53 bits per heavy atom. The highest BCUT2D eigenvalue weighted by Crippen LogP contribution is 2.15. The first-order valence-electron chi connectivity index (χ1n) is 6.23. The lowest BCUT2D eigenvalue weighted by Crippen LogP contribution is -2.24. The smallest absolute Gasteiger partial charge is 0.132 e. The highest BCUT2D eigenvalue weighted by atomic mass is 16.5. The molecule has 0 amide bonds. The number of anilines is 2. The molecule has 0 aromatic carbocycles. The summed E-state index contributed by atoms with van der Waals surface area (Å²) in [6, 6.07) is 1.78. The quantitative estimate of drug-likeness (QED) is 0.828. The fourth-order valence-electron chi connectivity index (χ4n) is 1.98. The van der Waals surface area contributed by atoms with Gasteiger partial charge in [0, 0.05) is 25.6 Å². The second-order valence-corrected chi connectivity index (χ2v) is 4.41. The Morgan fingerprint density at radius 3 is 3.12 bits per heavy atom. The van der Waals surface area contributed by atoms with Crippen molar-refractivity contribution in [3.63, 3.8) is 0 Å². The van der Waals surface area contributed by atoms with Gasteiger partial charge in [-0.05, 0) is 18.8 Å². The number of hydrogen-bond acceptors (Lipinski definition) is 5. The number of nitrogens with one attached hydrogen (secondary N) is 1. The Labute approximate surface area is 102 Å². The number of rotatable bonds is 4. The lowest BCUT2D eigenvalue weighted by Gasteiger charge is -2.22. The van der Waals surface area contributed by atoms with E-state index >= 15 is 0 Å². The van der Waals surface area contributed by atoms with Crippen molar-refractivity contribution in [3.8, 4) is 0 Å². The van der Waals surface area contributed by atoms with Crippen molar-refractivity contribution in [3.05, 3.63) is 11.9 Å². The van der Waals surface area contributed by atoms with Crippen molar-refractivity contribution < 1.29 is 4.74 Å². The van der Waals surface area contributed by atoms with Crippen LogP contribution in [0.15, 0.2) is 6.07 Å². The van der Waals surface area contributed by atoms with Crippen LogP contribution in [0.4, 0.5) is 11.6 Å². The molecule has 1 atom stereocenters. The molecule has 1 aliphatic heterocycles. The fourth-order valence-corrected chi connectivity index (χ4v) is 1.98. The third-order valence-corrected chi connectivity index (χ3v) is 2.93. The van der Waals surface area contributed by atoms with Gasteiger partial charge in [0.15, 0.2) is 0 Å². The monoisotopic (exact) mass is 236 g/mol. The zero-order valence-electron chi connectivity index (χ0n) is 10.3. The number of aromatic nitrogens is 2. The van der Waals surface area contributed by atoms with E-state index in [2.05, 4.69) is 15.3 Å². The van der Waals surface area contributed by atoms with Gasteiger partial charge in [-0.15, -0.1) is 0 Å². The molecule has 2 rings (SSSR count). The van der Waals surface area contributed by atoms with E-state index in [-0.39, 0.29) is 0 Å². The maximum absolute atomic E-state index is 5.73. The Hall–Kier alpha value is -1.36. The molecule has 0 bridgehead atoms. The Morgan fingerprint density at radius 2 is 2.41 bits per heavy atom. The van der Waals surface area contributed by atoms with Gasteiger partial charge < -0.3 is 15.8 Å². The summed E-state index contributed by atoms with van der Waals surface area (Å²) in [5.74, 6) is 2.71. The average molecular weight is 236 g/mol. The molecule has 2 heterocycles. The summed E-state index contributed by atoms with van der Waals surface area (Å²) in [4.78, 5) is 8.54. The summed E-state index contributed by atoms with van der Waals surface area (Å²) in [6.45, 7) is 4.65. The van der Waals surface area contributed by atoms with Gasteiger partial charge >= 0.3 is 0 Å². The fraction of sp³-hybridized carbons (Fsp3) is 0.667. The summed E-state index contributed by atoms with van der Waals surface area (Å²) in [5.41, 5.74) is 5.73. The molecule has 5 heteroatoms. The molecule has 0 radical (unpaired) electrons. The molecule has 1 unspecified atom stereocenters. The first-order chi connectivity index (χ1) is 8.28. The predicted molar refractivity (Wildman–Crippen MR) is 67.9 cm³/mol. The van der Waals surface area contributed by atoms with Crippen molar-refractivity contribution in [2.75, 3.05) is 30.8 Å². The number of nitrogens with two attached hydrogens (primary N) is 1. The molecule has 3 N–H and O–H groups in total. The van der Waals surface area contributed by atoms with Crippen LogP contribution in [-0.4, -0.2) is 29.7 Å². The maximum atomic E-state index is 5.73. The predicted octanol–water partition coefficient (Wildman–Crippen LogP) is 1.46. The summed E-state index contributed by atoms with van der Waals surface area (Å²) in [6.07, 6.45) is 3.17. The van der Waals surface area contributed by atoms with Crippen LogP contribution in [0, 0.1) is 5.92 Å². The second-order valence-electron chi connectivity index (χ2n) is 4.41. The van der Waals surface area contributed by atoms with Crippen LogP contribution >= 0.6 is 0 Å². The average Bonchev–Trinajstić information content (AvgIpc) is 2.37. The van der Waals surface area contributed by atoms with E-state index in [4.69, 9.17) is 10.5 Å². The van der Waals surface area contributed by atoms with Gasteiger partial charge in [-0.25, -0.2) is 9.97 Å². The summed E-state index contributed by atoms with van der Waals surface area (Å²) in [7, 11) is 0. The van der Waals surface area contributed by atoms with Crippen LogP contribution < -0.4 is 11.1 Å². The largest absolute Gasteiger partial charge is 0.384 e. The molecule has 1 aromatic rings. The Balaban J connectivity index is 1.91. The first kappa shape index (κ1) is 12.1. The summed E-state index contributed by atoms with van der Waals surface area (Å²) in [5, 5.41) is 3.32. The molecule has 1 aromatic heterocycles. The highest BCUT2D eigenvalue weighted by Gasteiger charge is 2.13. The first-order valence-corrected chi connectivity index (χ1v) is 6.23. The van der Waals surface area contributed by atoms with Crippen molar-refractivity contribution >= 4 is 11.6 Å². The molecular weight excluding hydrogens is 216 g/mol. The number of ether oxygens (including phenoxy) is 1. The lowest BCUT2D eigenvalue weighted by atomic mass is 10.0. The van der Waals surface area contributed by atoms with E-state index in [9.17, 15) is 0 Å². The van der Waals surface area contributed by atoms with Crippen molar-refractivity contribution in [2.45, 2.75) is 26.2 Å². The minimum atomic E-state index is 0.527. The van der Waals surface area contributed by atoms with Gasteiger partial charge in [0.05, 0.1) is 6.61 Å². The van der Waals surface area contributed by atoms with Crippen LogP contribution in [0.2, 0.25) is 0 Å². The third kappa shape index (κ3) is 3.56. The van der Waals surface area contributed by atoms with E-state index in [1.54, 1.807) is 6.07 Å². The molecule has 0 aliphatic carbocycles. The Bertz CT molecular complexity index is 364. The van der Waals surface area contributed by atoms with Crippen LogP contribution in [0.3, 0.4) is 0 Å². The van der Waals surface area contributed by atoms with E-state index in [0.717, 1.165) is 44.2 Å². The number of hydrogen-bond donors (Lipinski definition) is 2. The normalized spacial score (nSPS) is 20.2. The molecule has 0 spiro atoms. The minimum absolute atomic E-state index is 0.527. The summed E-state index contributed by atoms with van der Waals surface area (Å²) < 4.78 is 5.44. The van der Waals surface area contributed by atoms with Crippen molar-refractivity contribution in [2.24, 2.45) is 5.92 Å². The Kier molecular flexibility index (Phi) is 4.14. The van der Waals surface area contributed by atoms with E-state index in [0.29, 0.717) is 11.7 Å². The third-order valence-electron chi connectivity index (χ3n) is 2.93. The van der Waals surface area contributed by atoms with E-state index in [1.807, 2.05) is 6.92 Å². The number of nitrogens with zero attached hydrogens (tertiary/aromatic N) is 2. The standard InChI is InChI=1S/C12H20N4O/c1-2-11-15-10(13)6-12(16-11)14-7-9-4-3-5-17-8-9/h6,9H,2-5,7-8H2,1H3,(H3,13,14,15,16). The summed E-state index contributed by atoms with van der Waals surface area (Å²) >= 11 is 0. The van der Waals surface area contributed by atoms with Gasteiger partial charge in [-0.1, -0.05) is 6.92 Å². The van der Waals surface area contributed by atoms with Gasteiger partial charge in [0.25, 0.3) is 0 Å². The molecule has 5 nitrogen and oxygen atoms in total. The van der Waals surface area contributed by atoms with Crippen LogP contribution in [-0.2, 0) is 11.2 Å². The van der Waals surface area contributed by atoms with Gasteiger partial charge in [0.2, 0.25) is 0 Å². The second kappa shape index (κ2) is 5.82. The van der Waals surface area contributed by atoms with Crippen molar-refractivity contribution in [1.29, 1.82) is 0 Å². The van der Waals surface area contributed by atoms with Crippen LogP contribution in [0.5, 0.6) is 0 Å². The topological polar surface area (TPSA) is 73.1 Å². The van der Waals surface area contributed by atoms with Crippen molar-refractivity contribution in [1.82, 2.24) is 9.97 Å². The van der Waals surface area contributed by atoms with Crippen LogP contribution in [0.25, 0.3) is 0 Å². The van der Waals surface area contributed by atoms with Gasteiger partial charge in [-0.2, -0.15) is 0 Å². The molecule has 0 saturated carbocycles. The molecule has 94 valence electrons. The van der Waals surface area contributed by atoms with E-state index < -0.39 is 0 Å². The zero-order chi connectivity index (χ0) is 12.1. The van der Waals surface area contributed by atoms with Gasteiger partial charge in [0.1, 0.15) is 17.5 Å². The molecular formula is C12H20N4O.